The van der Waals surface area contributed by atoms with Crippen LogP contribution >= 0.6 is 0 Å². The normalized spacial score (nSPS) is 23.9. The van der Waals surface area contributed by atoms with Gasteiger partial charge < -0.3 is 24.4 Å². The van der Waals surface area contributed by atoms with Gasteiger partial charge in [-0.05, 0) is 55.2 Å². The second-order valence-corrected chi connectivity index (χ2v) is 10.7. The Labute approximate surface area is 207 Å². The van der Waals surface area contributed by atoms with Crippen LogP contribution in [-0.4, -0.2) is 49.5 Å². The predicted molar refractivity (Wildman–Crippen MR) is 136 cm³/mol. The fourth-order valence-corrected chi connectivity index (χ4v) is 5.49. The number of rotatable bonds is 8. The molecule has 2 aliphatic rings. The first-order chi connectivity index (χ1) is 16.6. The van der Waals surface area contributed by atoms with Gasteiger partial charge in [0.05, 0.1) is 18.7 Å². The van der Waals surface area contributed by atoms with E-state index in [0.29, 0.717) is 31.1 Å². The zero-order valence-corrected chi connectivity index (χ0v) is 21.2. The quantitative estimate of drug-likeness (QED) is 0.526. The van der Waals surface area contributed by atoms with E-state index < -0.39 is 5.97 Å². The lowest BCUT2D eigenvalue weighted by Gasteiger charge is -2.38. The van der Waals surface area contributed by atoms with Gasteiger partial charge in [0.2, 0.25) is 0 Å². The van der Waals surface area contributed by atoms with Gasteiger partial charge in [0.25, 0.3) is 0 Å². The van der Waals surface area contributed by atoms with Gasteiger partial charge in [-0.1, -0.05) is 20.8 Å². The van der Waals surface area contributed by atoms with Crippen LogP contribution in [0.25, 0.3) is 0 Å². The van der Waals surface area contributed by atoms with Gasteiger partial charge in [-0.15, -0.1) is 0 Å². The van der Waals surface area contributed by atoms with E-state index in [1.165, 1.54) is 6.07 Å². The molecule has 2 saturated heterocycles. The molecule has 6 nitrogen and oxygen atoms in total. The first-order valence-corrected chi connectivity index (χ1v) is 12.6. The maximum atomic E-state index is 14.5. The van der Waals surface area contributed by atoms with Crippen LogP contribution in [0.15, 0.2) is 42.5 Å². The first-order valence-electron chi connectivity index (χ1n) is 12.6. The van der Waals surface area contributed by atoms with Crippen molar-refractivity contribution >= 4 is 17.3 Å². The molecule has 2 aliphatic heterocycles. The van der Waals surface area contributed by atoms with E-state index in [9.17, 15) is 14.3 Å². The van der Waals surface area contributed by atoms with Crippen LogP contribution in [0, 0.1) is 17.2 Å². The Hall–Kier alpha value is -2.96. The molecule has 2 fully saturated rings. The lowest BCUT2D eigenvalue weighted by Crippen LogP contribution is -2.44. The summed E-state index contributed by atoms with van der Waals surface area (Å²) in [6, 6.07) is 12.9. The Morgan fingerprint density at radius 2 is 1.89 bits per heavy atom. The van der Waals surface area contributed by atoms with Gasteiger partial charge in [0.1, 0.15) is 23.4 Å². The topological polar surface area (TPSA) is 62.2 Å². The summed E-state index contributed by atoms with van der Waals surface area (Å²) < 4.78 is 26.4. The summed E-state index contributed by atoms with van der Waals surface area (Å²) in [6.45, 7) is 11.2. The fraction of sp³-hybridized carbons (Fsp3) is 0.536. The largest absolute Gasteiger partial charge is 0.494 e. The molecule has 190 valence electrons. The molecule has 2 aromatic rings. The SMILES string of the molecule is CCOc1ccc(F)c(N2CC[C@@H](Oc3ccc(N4CC(C)(C)C[C@@H]4CC(=O)O)cc3)[C@H](C)C2)c1. The molecule has 1 N–H and O–H groups in total. The molecule has 0 aliphatic carbocycles. The van der Waals surface area contributed by atoms with Crippen molar-refractivity contribution in [3.8, 4) is 11.5 Å². The third-order valence-corrected chi connectivity index (χ3v) is 7.09. The summed E-state index contributed by atoms with van der Waals surface area (Å²) in [5.74, 6) is 0.709. The predicted octanol–water partition coefficient (Wildman–Crippen LogP) is 5.60. The van der Waals surface area contributed by atoms with Gasteiger partial charge in [0, 0.05) is 49.8 Å². The molecule has 0 bridgehead atoms. The first kappa shape index (κ1) is 25.1. The van der Waals surface area contributed by atoms with E-state index in [2.05, 4.69) is 30.6 Å². The van der Waals surface area contributed by atoms with Crippen LogP contribution in [0.3, 0.4) is 0 Å². The number of hydrogen-bond donors (Lipinski definition) is 1. The molecule has 2 aromatic carbocycles. The van der Waals surface area contributed by atoms with Crippen molar-refractivity contribution < 1.29 is 23.8 Å². The maximum Gasteiger partial charge on any atom is 0.305 e. The van der Waals surface area contributed by atoms with Crippen molar-refractivity contribution in [2.24, 2.45) is 11.3 Å². The summed E-state index contributed by atoms with van der Waals surface area (Å²) in [6.07, 6.45) is 1.84. The number of benzene rings is 2. The number of anilines is 2. The number of ether oxygens (including phenoxy) is 2. The minimum absolute atomic E-state index is 0.000224. The second kappa shape index (κ2) is 10.3. The summed E-state index contributed by atoms with van der Waals surface area (Å²) in [7, 11) is 0. The van der Waals surface area contributed by atoms with E-state index in [1.807, 2.05) is 31.2 Å². The molecule has 0 amide bonds. The minimum atomic E-state index is -0.762. The molecule has 0 spiro atoms. The van der Waals surface area contributed by atoms with Gasteiger partial charge in [-0.25, -0.2) is 4.39 Å². The number of nitrogens with zero attached hydrogens (tertiary/aromatic N) is 2. The fourth-order valence-electron chi connectivity index (χ4n) is 5.49. The number of carbonyl (C=O) groups is 1. The summed E-state index contributed by atoms with van der Waals surface area (Å²) in [5.41, 5.74) is 1.69. The molecule has 7 heteroatoms. The monoisotopic (exact) mass is 484 g/mol. The average Bonchev–Trinajstić information content (AvgIpc) is 3.10. The number of piperidine rings is 1. The highest BCUT2D eigenvalue weighted by Crippen LogP contribution is 2.39. The van der Waals surface area contributed by atoms with E-state index in [-0.39, 0.29) is 35.7 Å². The Kier molecular flexibility index (Phi) is 7.43. The average molecular weight is 485 g/mol. The number of carboxylic acids is 1. The van der Waals surface area contributed by atoms with Crippen molar-refractivity contribution in [2.45, 2.75) is 59.1 Å². The van der Waals surface area contributed by atoms with Crippen LogP contribution in [0.2, 0.25) is 0 Å². The van der Waals surface area contributed by atoms with Crippen molar-refractivity contribution in [1.82, 2.24) is 0 Å². The Morgan fingerprint density at radius 3 is 2.54 bits per heavy atom. The Balaban J connectivity index is 1.38. The number of halogens is 1. The van der Waals surface area contributed by atoms with Crippen LogP contribution in [0.5, 0.6) is 11.5 Å². The maximum absolute atomic E-state index is 14.5. The van der Waals surface area contributed by atoms with E-state index >= 15 is 0 Å². The zero-order chi connectivity index (χ0) is 25.2. The minimum Gasteiger partial charge on any atom is -0.494 e. The molecule has 2 heterocycles. The lowest BCUT2D eigenvalue weighted by atomic mass is 9.90. The number of hydrogen-bond acceptors (Lipinski definition) is 5. The van der Waals surface area contributed by atoms with Gasteiger partial charge in [-0.3, -0.25) is 4.79 Å². The van der Waals surface area contributed by atoms with Crippen LogP contribution in [0.1, 0.15) is 47.0 Å². The third-order valence-electron chi connectivity index (χ3n) is 7.09. The van der Waals surface area contributed by atoms with E-state index in [1.54, 1.807) is 12.1 Å². The molecule has 0 unspecified atom stereocenters. The second-order valence-electron chi connectivity index (χ2n) is 10.7. The van der Waals surface area contributed by atoms with E-state index in [4.69, 9.17) is 9.47 Å². The molecule has 3 atom stereocenters. The van der Waals surface area contributed by atoms with Gasteiger partial charge in [0.15, 0.2) is 0 Å². The summed E-state index contributed by atoms with van der Waals surface area (Å²) >= 11 is 0. The molecular weight excluding hydrogens is 447 g/mol. The van der Waals surface area contributed by atoms with Crippen LogP contribution in [-0.2, 0) is 4.79 Å². The van der Waals surface area contributed by atoms with Crippen molar-refractivity contribution in [3.63, 3.8) is 0 Å². The van der Waals surface area contributed by atoms with Crippen molar-refractivity contribution in [3.05, 3.63) is 48.3 Å². The lowest BCUT2D eigenvalue weighted by molar-refractivity contribution is -0.137. The molecule has 0 saturated carbocycles. The highest BCUT2D eigenvalue weighted by atomic mass is 19.1. The summed E-state index contributed by atoms with van der Waals surface area (Å²) in [5, 5.41) is 9.33. The van der Waals surface area contributed by atoms with Crippen LogP contribution < -0.4 is 19.3 Å². The highest BCUT2D eigenvalue weighted by molar-refractivity contribution is 5.69. The summed E-state index contributed by atoms with van der Waals surface area (Å²) in [4.78, 5) is 15.6. The standard InChI is InChI=1S/C28H37FN2O4/c1-5-34-23-10-11-24(29)25(15-23)30-13-12-26(19(2)17-30)35-22-8-6-20(7-9-22)31-18-28(3,4)16-21(31)14-27(32)33/h6-11,15,19,21,26H,5,12-14,16-18H2,1-4H3,(H,32,33)/t19-,21+,26-/m1/s1. The molecule has 0 aromatic heterocycles. The zero-order valence-electron chi connectivity index (χ0n) is 21.2. The van der Waals surface area contributed by atoms with Gasteiger partial charge >= 0.3 is 5.97 Å². The smallest absolute Gasteiger partial charge is 0.305 e. The Bertz CT molecular complexity index is 1030. The third kappa shape index (κ3) is 6.00. The van der Waals surface area contributed by atoms with Crippen molar-refractivity contribution in [2.75, 3.05) is 36.0 Å². The molecule has 35 heavy (non-hydrogen) atoms. The van der Waals surface area contributed by atoms with Gasteiger partial charge in [-0.2, -0.15) is 0 Å². The number of carboxylic acid groups (broad SMARTS) is 1. The number of aliphatic carboxylic acids is 1. The molecule has 4 rings (SSSR count). The van der Waals surface area contributed by atoms with Crippen LogP contribution in [0.4, 0.5) is 15.8 Å². The molecular formula is C28H37FN2O4. The van der Waals surface area contributed by atoms with E-state index in [0.717, 1.165) is 30.8 Å². The van der Waals surface area contributed by atoms with Crippen molar-refractivity contribution in [1.29, 1.82) is 0 Å². The molecule has 0 radical (unpaired) electrons. The highest BCUT2D eigenvalue weighted by Gasteiger charge is 2.38. The Morgan fingerprint density at radius 1 is 1.17 bits per heavy atom.